The molecule has 2 rings (SSSR count). The molecule has 0 saturated heterocycles. The molecule has 1 heterocycles. The van der Waals surface area contributed by atoms with Crippen molar-refractivity contribution in [2.75, 3.05) is 0 Å². The molecule has 4 heteroatoms. The Morgan fingerprint density at radius 2 is 2.00 bits per heavy atom. The van der Waals surface area contributed by atoms with E-state index in [1.807, 2.05) is 0 Å². The van der Waals surface area contributed by atoms with Gasteiger partial charge in [0.05, 0.1) is 18.4 Å². The fourth-order valence-corrected chi connectivity index (χ4v) is 1.24. The number of H-pyrrole nitrogens is 1. The SMILES string of the molecule is NCc1ncc(-c2ccc(F)cc2)[nH]1. The third kappa shape index (κ3) is 1.65. The van der Waals surface area contributed by atoms with E-state index in [0.29, 0.717) is 6.54 Å². The Morgan fingerprint density at radius 3 is 2.57 bits per heavy atom. The molecule has 0 saturated carbocycles. The van der Waals surface area contributed by atoms with E-state index in [0.717, 1.165) is 17.1 Å². The van der Waals surface area contributed by atoms with Crippen molar-refractivity contribution in [1.82, 2.24) is 9.97 Å². The molecule has 2 aromatic rings. The monoisotopic (exact) mass is 191 g/mol. The standard InChI is InChI=1S/C10H10FN3/c11-8-3-1-7(2-4-8)9-6-13-10(5-12)14-9/h1-4,6H,5,12H2,(H,13,14). The first-order valence-corrected chi connectivity index (χ1v) is 4.29. The number of benzene rings is 1. The quantitative estimate of drug-likeness (QED) is 0.758. The molecule has 0 unspecified atom stereocenters. The second kappa shape index (κ2) is 3.59. The minimum atomic E-state index is -0.243. The fraction of sp³-hybridized carbons (Fsp3) is 0.100. The maximum absolute atomic E-state index is 12.6. The average molecular weight is 191 g/mol. The van der Waals surface area contributed by atoms with Crippen molar-refractivity contribution in [1.29, 1.82) is 0 Å². The highest BCUT2D eigenvalue weighted by Crippen LogP contribution is 2.16. The van der Waals surface area contributed by atoms with Gasteiger partial charge in [0.1, 0.15) is 11.6 Å². The van der Waals surface area contributed by atoms with E-state index in [1.54, 1.807) is 18.3 Å². The third-order valence-electron chi connectivity index (χ3n) is 1.98. The van der Waals surface area contributed by atoms with Crippen molar-refractivity contribution in [2.24, 2.45) is 5.73 Å². The van der Waals surface area contributed by atoms with E-state index in [-0.39, 0.29) is 5.82 Å². The van der Waals surface area contributed by atoms with Gasteiger partial charge in [-0.05, 0) is 29.8 Å². The number of nitrogens with one attached hydrogen (secondary N) is 1. The molecular formula is C10H10FN3. The normalized spacial score (nSPS) is 10.4. The Labute approximate surface area is 80.8 Å². The summed E-state index contributed by atoms with van der Waals surface area (Å²) in [6.07, 6.45) is 1.69. The number of aromatic nitrogens is 2. The molecule has 3 nitrogen and oxygen atoms in total. The summed E-state index contributed by atoms with van der Waals surface area (Å²) < 4.78 is 12.6. The van der Waals surface area contributed by atoms with Crippen LogP contribution >= 0.6 is 0 Å². The first kappa shape index (κ1) is 8.90. The molecule has 1 aromatic heterocycles. The van der Waals surface area contributed by atoms with Crippen LogP contribution in [0.15, 0.2) is 30.5 Å². The van der Waals surface area contributed by atoms with Gasteiger partial charge in [0.2, 0.25) is 0 Å². The molecule has 3 N–H and O–H groups in total. The molecule has 0 spiro atoms. The van der Waals surface area contributed by atoms with Gasteiger partial charge in [0, 0.05) is 0 Å². The summed E-state index contributed by atoms with van der Waals surface area (Å²) >= 11 is 0. The predicted molar refractivity (Wildman–Crippen MR) is 51.9 cm³/mol. The molecular weight excluding hydrogens is 181 g/mol. The number of rotatable bonds is 2. The zero-order valence-electron chi connectivity index (χ0n) is 7.50. The largest absolute Gasteiger partial charge is 0.341 e. The van der Waals surface area contributed by atoms with Gasteiger partial charge in [-0.25, -0.2) is 9.37 Å². The number of hydrogen-bond donors (Lipinski definition) is 2. The van der Waals surface area contributed by atoms with Crippen LogP contribution < -0.4 is 5.73 Å². The van der Waals surface area contributed by atoms with Gasteiger partial charge in [0.15, 0.2) is 0 Å². The Morgan fingerprint density at radius 1 is 1.29 bits per heavy atom. The van der Waals surface area contributed by atoms with Gasteiger partial charge < -0.3 is 10.7 Å². The first-order chi connectivity index (χ1) is 6.79. The summed E-state index contributed by atoms with van der Waals surface area (Å²) in [6, 6.07) is 6.23. The minimum absolute atomic E-state index is 0.243. The zero-order valence-corrected chi connectivity index (χ0v) is 7.50. The Hall–Kier alpha value is -1.68. The highest BCUT2D eigenvalue weighted by molar-refractivity contribution is 5.58. The van der Waals surface area contributed by atoms with Crippen molar-refractivity contribution in [3.63, 3.8) is 0 Å². The third-order valence-corrected chi connectivity index (χ3v) is 1.98. The van der Waals surface area contributed by atoms with E-state index >= 15 is 0 Å². The van der Waals surface area contributed by atoms with Crippen LogP contribution in [0.3, 0.4) is 0 Å². The van der Waals surface area contributed by atoms with Crippen molar-refractivity contribution in [3.05, 3.63) is 42.1 Å². The number of aromatic amines is 1. The van der Waals surface area contributed by atoms with Gasteiger partial charge >= 0.3 is 0 Å². The minimum Gasteiger partial charge on any atom is -0.341 e. The van der Waals surface area contributed by atoms with Crippen LogP contribution in [0.4, 0.5) is 4.39 Å². The van der Waals surface area contributed by atoms with Crippen LogP contribution in [0.2, 0.25) is 0 Å². The highest BCUT2D eigenvalue weighted by Gasteiger charge is 2.01. The lowest BCUT2D eigenvalue weighted by Crippen LogP contribution is -1.97. The van der Waals surface area contributed by atoms with Crippen LogP contribution in [0.1, 0.15) is 5.82 Å². The van der Waals surface area contributed by atoms with E-state index in [2.05, 4.69) is 9.97 Å². The molecule has 14 heavy (non-hydrogen) atoms. The summed E-state index contributed by atoms with van der Waals surface area (Å²) in [4.78, 5) is 7.10. The molecule has 0 fully saturated rings. The topological polar surface area (TPSA) is 54.7 Å². The number of nitrogens with zero attached hydrogens (tertiary/aromatic N) is 1. The van der Waals surface area contributed by atoms with Crippen LogP contribution in [-0.2, 0) is 6.54 Å². The lowest BCUT2D eigenvalue weighted by Gasteiger charge is -1.96. The molecule has 72 valence electrons. The van der Waals surface area contributed by atoms with Gasteiger partial charge in [-0.15, -0.1) is 0 Å². The Balaban J connectivity index is 2.34. The highest BCUT2D eigenvalue weighted by atomic mass is 19.1. The van der Waals surface area contributed by atoms with E-state index in [1.165, 1.54) is 12.1 Å². The summed E-state index contributed by atoms with van der Waals surface area (Å²) in [7, 11) is 0. The van der Waals surface area contributed by atoms with Gasteiger partial charge in [-0.3, -0.25) is 0 Å². The first-order valence-electron chi connectivity index (χ1n) is 4.29. The molecule has 0 atom stereocenters. The lowest BCUT2D eigenvalue weighted by molar-refractivity contribution is 0.628. The zero-order chi connectivity index (χ0) is 9.97. The van der Waals surface area contributed by atoms with Gasteiger partial charge in [0.25, 0.3) is 0 Å². The summed E-state index contributed by atoms with van der Waals surface area (Å²) in [6.45, 7) is 0.376. The van der Waals surface area contributed by atoms with Crippen molar-refractivity contribution in [2.45, 2.75) is 6.54 Å². The number of imidazole rings is 1. The molecule has 0 bridgehead atoms. The van der Waals surface area contributed by atoms with Crippen LogP contribution in [0.25, 0.3) is 11.3 Å². The maximum atomic E-state index is 12.6. The fourth-order valence-electron chi connectivity index (χ4n) is 1.24. The second-order valence-corrected chi connectivity index (χ2v) is 2.95. The van der Waals surface area contributed by atoms with Gasteiger partial charge in [-0.1, -0.05) is 0 Å². The van der Waals surface area contributed by atoms with E-state index in [4.69, 9.17) is 5.73 Å². The van der Waals surface area contributed by atoms with Crippen LogP contribution in [0, 0.1) is 5.82 Å². The average Bonchev–Trinajstić information content (AvgIpc) is 2.67. The second-order valence-electron chi connectivity index (χ2n) is 2.95. The van der Waals surface area contributed by atoms with Crippen molar-refractivity contribution in [3.8, 4) is 11.3 Å². The smallest absolute Gasteiger partial charge is 0.123 e. The maximum Gasteiger partial charge on any atom is 0.123 e. The number of nitrogens with two attached hydrogens (primary N) is 1. The molecule has 0 aliphatic carbocycles. The van der Waals surface area contributed by atoms with Crippen molar-refractivity contribution < 1.29 is 4.39 Å². The Kier molecular flexibility index (Phi) is 2.28. The summed E-state index contributed by atoms with van der Waals surface area (Å²) in [5, 5.41) is 0. The van der Waals surface area contributed by atoms with Crippen molar-refractivity contribution >= 4 is 0 Å². The molecule has 1 aromatic carbocycles. The number of hydrogen-bond acceptors (Lipinski definition) is 2. The summed E-state index contributed by atoms with van der Waals surface area (Å²) in [5.74, 6) is 0.483. The summed E-state index contributed by atoms with van der Waals surface area (Å²) in [5.41, 5.74) is 7.17. The van der Waals surface area contributed by atoms with Crippen LogP contribution in [-0.4, -0.2) is 9.97 Å². The molecule has 0 radical (unpaired) electrons. The van der Waals surface area contributed by atoms with E-state index in [9.17, 15) is 4.39 Å². The van der Waals surface area contributed by atoms with Gasteiger partial charge in [-0.2, -0.15) is 0 Å². The lowest BCUT2D eigenvalue weighted by atomic mass is 10.2. The van der Waals surface area contributed by atoms with E-state index < -0.39 is 0 Å². The Bertz CT molecular complexity index is 419. The molecule has 0 aliphatic rings. The molecule has 0 amide bonds. The predicted octanol–water partition coefficient (Wildman–Crippen LogP) is 1.67. The van der Waals surface area contributed by atoms with Crippen LogP contribution in [0.5, 0.6) is 0 Å². The number of halogens is 1. The molecule has 0 aliphatic heterocycles.